The lowest BCUT2D eigenvalue weighted by Crippen LogP contribution is -2.21. The van der Waals surface area contributed by atoms with Gasteiger partial charge in [-0.05, 0) is 48.9 Å². The summed E-state index contributed by atoms with van der Waals surface area (Å²) in [6.45, 7) is 1.14. The molecule has 0 aromatic heterocycles. The summed E-state index contributed by atoms with van der Waals surface area (Å²) in [5, 5.41) is 3.95. The van der Waals surface area contributed by atoms with Crippen molar-refractivity contribution >= 4 is 29.9 Å². The molecule has 2 aromatic rings. The van der Waals surface area contributed by atoms with Crippen LogP contribution < -0.4 is 25.3 Å². The Kier molecular flexibility index (Phi) is 9.78. The molecule has 0 radical (unpaired) electrons. The number of ether oxygens (including phenoxy) is 3. The van der Waals surface area contributed by atoms with Crippen molar-refractivity contribution in [2.75, 3.05) is 27.4 Å². The van der Waals surface area contributed by atoms with Gasteiger partial charge in [0.1, 0.15) is 5.75 Å². The fourth-order valence-electron chi connectivity index (χ4n) is 2.47. The Balaban J connectivity index is 0.00000364. The van der Waals surface area contributed by atoms with Crippen LogP contribution in [0, 0.1) is 0 Å². The first-order valence-electron chi connectivity index (χ1n) is 8.14. The molecule has 0 aliphatic carbocycles. The smallest absolute Gasteiger partial charge is 0.255 e. The van der Waals surface area contributed by atoms with Crippen molar-refractivity contribution in [1.82, 2.24) is 5.32 Å². The van der Waals surface area contributed by atoms with Crippen molar-refractivity contribution in [3.05, 3.63) is 52.5 Å². The first-order chi connectivity index (χ1) is 12.5. The minimum absolute atomic E-state index is 0. The summed E-state index contributed by atoms with van der Waals surface area (Å²) in [4.78, 5) is 10.9. The number of nitrogens with one attached hydrogen (secondary N) is 1. The molecule has 0 aliphatic heterocycles. The summed E-state index contributed by atoms with van der Waals surface area (Å²) in [5.74, 6) is 1.49. The van der Waals surface area contributed by atoms with Crippen molar-refractivity contribution in [2.45, 2.75) is 13.0 Å². The fourth-order valence-corrected chi connectivity index (χ4v) is 2.66. The van der Waals surface area contributed by atoms with Gasteiger partial charge in [0.05, 0.1) is 14.2 Å². The van der Waals surface area contributed by atoms with E-state index in [2.05, 4.69) is 5.32 Å². The minimum atomic E-state index is -0.521. The van der Waals surface area contributed by atoms with Gasteiger partial charge in [-0.25, -0.2) is 0 Å². The Morgan fingerprint density at radius 1 is 1.07 bits per heavy atom. The SMILES string of the molecule is COc1ccc(CCNCc2cc(Cl)ccc2OCC(N)=O)cc1OC.Cl. The molecule has 0 unspecified atom stereocenters. The first-order valence-corrected chi connectivity index (χ1v) is 8.52. The van der Waals surface area contributed by atoms with Crippen molar-refractivity contribution in [3.8, 4) is 17.2 Å². The van der Waals surface area contributed by atoms with E-state index in [-0.39, 0.29) is 19.0 Å². The third-order valence-corrected chi connectivity index (χ3v) is 3.98. The fraction of sp³-hybridized carbons (Fsp3) is 0.316. The predicted molar refractivity (Wildman–Crippen MR) is 108 cm³/mol. The lowest BCUT2D eigenvalue weighted by atomic mass is 10.1. The lowest BCUT2D eigenvalue weighted by Gasteiger charge is -2.12. The zero-order chi connectivity index (χ0) is 18.9. The van der Waals surface area contributed by atoms with Gasteiger partial charge >= 0.3 is 0 Å². The molecule has 0 bridgehead atoms. The highest BCUT2D eigenvalue weighted by molar-refractivity contribution is 6.30. The summed E-state index contributed by atoms with van der Waals surface area (Å²) in [6.07, 6.45) is 0.818. The number of hydrogen-bond donors (Lipinski definition) is 2. The zero-order valence-corrected chi connectivity index (χ0v) is 16.9. The third kappa shape index (κ3) is 7.17. The van der Waals surface area contributed by atoms with E-state index < -0.39 is 5.91 Å². The largest absolute Gasteiger partial charge is 0.493 e. The Bertz CT molecular complexity index is 756. The summed E-state index contributed by atoms with van der Waals surface area (Å²) in [5.41, 5.74) is 7.12. The third-order valence-electron chi connectivity index (χ3n) is 3.75. The van der Waals surface area contributed by atoms with Gasteiger partial charge in [-0.1, -0.05) is 17.7 Å². The van der Waals surface area contributed by atoms with Gasteiger partial charge in [0.25, 0.3) is 5.91 Å². The van der Waals surface area contributed by atoms with Crippen LogP contribution in [0.25, 0.3) is 0 Å². The molecule has 0 atom stereocenters. The summed E-state index contributed by atoms with van der Waals surface area (Å²) < 4.78 is 16.0. The number of primary amides is 1. The molecule has 2 rings (SSSR count). The van der Waals surface area contributed by atoms with Crippen LogP contribution in [0.4, 0.5) is 0 Å². The van der Waals surface area contributed by atoms with Gasteiger partial charge in [-0.2, -0.15) is 0 Å². The maximum Gasteiger partial charge on any atom is 0.255 e. The van der Waals surface area contributed by atoms with Crippen LogP contribution in [-0.4, -0.2) is 33.3 Å². The molecular weight excluding hydrogens is 391 g/mol. The Morgan fingerprint density at radius 2 is 1.78 bits per heavy atom. The highest BCUT2D eigenvalue weighted by Crippen LogP contribution is 2.27. The molecule has 148 valence electrons. The first kappa shape index (κ1) is 22.9. The second-order valence-corrected chi connectivity index (χ2v) is 6.06. The predicted octanol–water partition coefficient (Wildman–Crippen LogP) is 2.98. The standard InChI is InChI=1S/C19H23ClN2O4.ClH/c1-24-17-5-3-13(9-18(17)25-2)7-8-22-11-14-10-15(20)4-6-16(14)26-12-19(21)23;/h3-6,9-10,22H,7-8,11-12H2,1-2H3,(H2,21,23);1H. The molecule has 27 heavy (non-hydrogen) atoms. The molecule has 6 nitrogen and oxygen atoms in total. The van der Waals surface area contributed by atoms with Crippen LogP contribution in [-0.2, 0) is 17.8 Å². The normalized spacial score (nSPS) is 10.0. The quantitative estimate of drug-likeness (QED) is 0.583. The van der Waals surface area contributed by atoms with E-state index in [0.29, 0.717) is 28.8 Å². The molecular formula is C19H24Cl2N2O4. The second kappa shape index (κ2) is 11.5. The van der Waals surface area contributed by atoms with Gasteiger partial charge in [-0.15, -0.1) is 12.4 Å². The Morgan fingerprint density at radius 3 is 2.44 bits per heavy atom. The average Bonchev–Trinajstić information content (AvgIpc) is 2.64. The number of benzene rings is 2. The molecule has 3 N–H and O–H groups in total. The molecule has 0 heterocycles. The van der Waals surface area contributed by atoms with Crippen LogP contribution in [0.1, 0.15) is 11.1 Å². The number of methoxy groups -OCH3 is 2. The maximum absolute atomic E-state index is 10.9. The van der Waals surface area contributed by atoms with E-state index >= 15 is 0 Å². The number of amides is 1. The highest BCUT2D eigenvalue weighted by Gasteiger charge is 2.07. The second-order valence-electron chi connectivity index (χ2n) is 5.62. The van der Waals surface area contributed by atoms with Gasteiger partial charge in [0.2, 0.25) is 0 Å². The summed E-state index contributed by atoms with van der Waals surface area (Å²) in [7, 11) is 3.23. The van der Waals surface area contributed by atoms with E-state index in [0.717, 1.165) is 24.1 Å². The van der Waals surface area contributed by atoms with Crippen LogP contribution in [0.2, 0.25) is 5.02 Å². The van der Waals surface area contributed by atoms with Crippen molar-refractivity contribution in [3.63, 3.8) is 0 Å². The van der Waals surface area contributed by atoms with E-state index in [1.807, 2.05) is 18.2 Å². The monoisotopic (exact) mass is 414 g/mol. The number of carbonyl (C=O) groups excluding carboxylic acids is 1. The van der Waals surface area contributed by atoms with Crippen molar-refractivity contribution in [2.24, 2.45) is 5.73 Å². The van der Waals surface area contributed by atoms with Crippen LogP contribution in [0.3, 0.4) is 0 Å². The molecule has 0 saturated carbocycles. The highest BCUT2D eigenvalue weighted by atomic mass is 35.5. The van der Waals surface area contributed by atoms with Gasteiger partial charge in [0.15, 0.2) is 18.1 Å². The molecule has 1 amide bonds. The number of hydrogen-bond acceptors (Lipinski definition) is 5. The Hall–Kier alpha value is -2.15. The number of halogens is 2. The zero-order valence-electron chi connectivity index (χ0n) is 15.3. The molecule has 0 spiro atoms. The molecule has 0 saturated heterocycles. The average molecular weight is 415 g/mol. The maximum atomic E-state index is 10.9. The van der Waals surface area contributed by atoms with Gasteiger partial charge < -0.3 is 25.3 Å². The van der Waals surface area contributed by atoms with Crippen LogP contribution in [0.15, 0.2) is 36.4 Å². The topological polar surface area (TPSA) is 82.8 Å². The number of rotatable bonds is 10. The van der Waals surface area contributed by atoms with Gasteiger partial charge in [0, 0.05) is 17.1 Å². The van der Waals surface area contributed by atoms with Crippen molar-refractivity contribution in [1.29, 1.82) is 0 Å². The number of nitrogens with two attached hydrogens (primary N) is 1. The lowest BCUT2D eigenvalue weighted by molar-refractivity contribution is -0.119. The Labute approximate surface area is 170 Å². The van der Waals surface area contributed by atoms with E-state index in [9.17, 15) is 4.79 Å². The molecule has 8 heteroatoms. The number of carbonyl (C=O) groups is 1. The summed E-state index contributed by atoms with van der Waals surface area (Å²) in [6, 6.07) is 11.1. The van der Waals surface area contributed by atoms with E-state index in [1.54, 1.807) is 32.4 Å². The summed E-state index contributed by atoms with van der Waals surface area (Å²) >= 11 is 6.05. The van der Waals surface area contributed by atoms with E-state index in [4.69, 9.17) is 31.5 Å². The van der Waals surface area contributed by atoms with Crippen molar-refractivity contribution < 1.29 is 19.0 Å². The molecule has 0 aliphatic rings. The van der Waals surface area contributed by atoms with Crippen LogP contribution in [0.5, 0.6) is 17.2 Å². The van der Waals surface area contributed by atoms with Crippen LogP contribution >= 0.6 is 24.0 Å². The van der Waals surface area contributed by atoms with Gasteiger partial charge in [-0.3, -0.25) is 4.79 Å². The van der Waals surface area contributed by atoms with E-state index in [1.165, 1.54) is 0 Å². The minimum Gasteiger partial charge on any atom is -0.493 e. The molecule has 2 aromatic carbocycles. The molecule has 0 fully saturated rings.